The molecule has 1 saturated heterocycles. The molecule has 1 unspecified atom stereocenters. The fraction of sp³-hybridized carbons (Fsp3) is 0.600. The van der Waals surface area contributed by atoms with E-state index in [0.717, 1.165) is 32.0 Å². The summed E-state index contributed by atoms with van der Waals surface area (Å²) in [5.41, 5.74) is 2.66. The zero-order valence-corrected chi connectivity index (χ0v) is 19.0. The summed E-state index contributed by atoms with van der Waals surface area (Å²) < 4.78 is 0. The van der Waals surface area contributed by atoms with Crippen LogP contribution < -0.4 is 10.6 Å². The van der Waals surface area contributed by atoms with Gasteiger partial charge in [-0.05, 0) is 24.5 Å². The van der Waals surface area contributed by atoms with Crippen molar-refractivity contribution < 1.29 is 4.79 Å². The molecule has 1 aliphatic rings. The van der Waals surface area contributed by atoms with Crippen molar-refractivity contribution in [3.05, 3.63) is 35.4 Å². The molecule has 6 heteroatoms. The maximum atomic E-state index is 11.8. The van der Waals surface area contributed by atoms with E-state index in [4.69, 9.17) is 0 Å². The molecule has 146 valence electrons. The lowest BCUT2D eigenvalue weighted by Crippen LogP contribution is -2.48. The van der Waals surface area contributed by atoms with E-state index in [-0.39, 0.29) is 41.3 Å². The molecule has 0 spiro atoms. The molecule has 1 amide bonds. The van der Waals surface area contributed by atoms with E-state index in [1.165, 1.54) is 11.1 Å². The first-order valence-electron chi connectivity index (χ1n) is 9.18. The van der Waals surface area contributed by atoms with Crippen molar-refractivity contribution in [1.82, 2.24) is 15.5 Å². The van der Waals surface area contributed by atoms with Crippen LogP contribution in [0.5, 0.6) is 0 Å². The van der Waals surface area contributed by atoms with E-state index in [1.54, 1.807) is 7.05 Å². The Kier molecular flexibility index (Phi) is 8.86. The van der Waals surface area contributed by atoms with Crippen LogP contribution in [-0.2, 0) is 10.2 Å². The smallest absolute Gasteiger partial charge is 0.222 e. The third-order valence-electron chi connectivity index (χ3n) is 4.98. The van der Waals surface area contributed by atoms with Crippen LogP contribution in [0.3, 0.4) is 0 Å². The van der Waals surface area contributed by atoms with Crippen molar-refractivity contribution in [3.8, 4) is 0 Å². The molecule has 0 radical (unpaired) electrons. The third kappa shape index (κ3) is 5.86. The largest absolute Gasteiger partial charge is 0.356 e. The van der Waals surface area contributed by atoms with Crippen molar-refractivity contribution in [3.63, 3.8) is 0 Å². The molecule has 5 nitrogen and oxygen atoms in total. The summed E-state index contributed by atoms with van der Waals surface area (Å²) in [6.07, 6.45) is 1.54. The number of carbonyl (C=O) groups excluding carboxylic acids is 1. The molecule has 1 heterocycles. The second kappa shape index (κ2) is 10.1. The van der Waals surface area contributed by atoms with Gasteiger partial charge >= 0.3 is 0 Å². The van der Waals surface area contributed by atoms with Gasteiger partial charge in [-0.3, -0.25) is 9.79 Å². The molecule has 1 fully saturated rings. The van der Waals surface area contributed by atoms with Gasteiger partial charge in [0.2, 0.25) is 5.91 Å². The highest BCUT2D eigenvalue weighted by Gasteiger charge is 2.27. The SMILES string of the molecule is CCC(=O)N1CCC(NC(=NC)NCC(C)(C)c2ccccc2C)C1.I. The molecule has 26 heavy (non-hydrogen) atoms. The van der Waals surface area contributed by atoms with Crippen LogP contribution in [0.25, 0.3) is 0 Å². The zero-order chi connectivity index (χ0) is 18.4. The number of nitrogens with zero attached hydrogens (tertiary/aromatic N) is 2. The number of rotatable bonds is 5. The van der Waals surface area contributed by atoms with Crippen LogP contribution in [0.1, 0.15) is 44.7 Å². The predicted octanol–water partition coefficient (Wildman–Crippen LogP) is 3.07. The standard InChI is InChI=1S/C20H32N4O.HI/c1-6-18(25)24-12-11-16(13-24)23-19(21-5)22-14-20(3,4)17-10-8-7-9-15(17)2;/h7-10,16H,6,11-14H2,1-5H3,(H2,21,22,23);1H. The summed E-state index contributed by atoms with van der Waals surface area (Å²) in [5.74, 6) is 1.03. The van der Waals surface area contributed by atoms with Crippen molar-refractivity contribution in [2.45, 2.75) is 52.0 Å². The highest BCUT2D eigenvalue weighted by molar-refractivity contribution is 14.0. The van der Waals surface area contributed by atoms with Crippen molar-refractivity contribution in [2.24, 2.45) is 4.99 Å². The van der Waals surface area contributed by atoms with Crippen molar-refractivity contribution >= 4 is 35.8 Å². The Morgan fingerprint density at radius 3 is 2.65 bits per heavy atom. The molecule has 1 aromatic carbocycles. The number of amides is 1. The first-order valence-corrected chi connectivity index (χ1v) is 9.18. The van der Waals surface area contributed by atoms with Gasteiger partial charge in [0.25, 0.3) is 0 Å². The number of likely N-dealkylation sites (tertiary alicyclic amines) is 1. The average Bonchev–Trinajstić information content (AvgIpc) is 3.06. The number of guanidine groups is 1. The van der Waals surface area contributed by atoms with Gasteiger partial charge in [0.15, 0.2) is 5.96 Å². The lowest BCUT2D eigenvalue weighted by atomic mass is 9.82. The number of hydrogen-bond donors (Lipinski definition) is 2. The Bertz CT molecular complexity index is 630. The molecule has 2 rings (SSSR count). The van der Waals surface area contributed by atoms with Crippen molar-refractivity contribution in [2.75, 3.05) is 26.7 Å². The quantitative estimate of drug-likeness (QED) is 0.394. The summed E-state index contributed by atoms with van der Waals surface area (Å²) in [6, 6.07) is 8.78. The second-order valence-electron chi connectivity index (χ2n) is 7.45. The molecular weight excluding hydrogens is 439 g/mol. The Labute approximate surface area is 175 Å². The molecule has 0 saturated carbocycles. The van der Waals surface area contributed by atoms with Crippen molar-refractivity contribution in [1.29, 1.82) is 0 Å². The molecule has 1 atom stereocenters. The average molecular weight is 472 g/mol. The molecule has 0 aromatic heterocycles. The number of carbonyl (C=O) groups is 1. The monoisotopic (exact) mass is 472 g/mol. The Morgan fingerprint density at radius 1 is 1.35 bits per heavy atom. The van der Waals surface area contributed by atoms with Crippen LogP contribution in [0.2, 0.25) is 0 Å². The second-order valence-corrected chi connectivity index (χ2v) is 7.45. The van der Waals surface area contributed by atoms with Gasteiger partial charge in [0.1, 0.15) is 0 Å². The number of aryl methyl sites for hydroxylation is 1. The highest BCUT2D eigenvalue weighted by Crippen LogP contribution is 2.25. The van der Waals surface area contributed by atoms with Gasteiger partial charge in [0, 0.05) is 44.6 Å². The van der Waals surface area contributed by atoms with Crippen LogP contribution in [0, 0.1) is 6.92 Å². The minimum Gasteiger partial charge on any atom is -0.356 e. The number of nitrogens with one attached hydrogen (secondary N) is 2. The van der Waals surface area contributed by atoms with Gasteiger partial charge in [0.05, 0.1) is 0 Å². The van der Waals surface area contributed by atoms with Gasteiger partial charge in [-0.15, -0.1) is 24.0 Å². The molecular formula is C20H33IN4O. The minimum atomic E-state index is 0. The Hall–Kier alpha value is -1.31. The lowest BCUT2D eigenvalue weighted by Gasteiger charge is -2.29. The van der Waals surface area contributed by atoms with Crippen LogP contribution in [0.4, 0.5) is 0 Å². The molecule has 0 bridgehead atoms. The highest BCUT2D eigenvalue weighted by atomic mass is 127. The van der Waals surface area contributed by atoms with Crippen LogP contribution in [-0.4, -0.2) is 49.5 Å². The molecule has 1 aliphatic heterocycles. The van der Waals surface area contributed by atoms with E-state index < -0.39 is 0 Å². The van der Waals surface area contributed by atoms with E-state index in [2.05, 4.69) is 60.7 Å². The number of halogens is 1. The maximum absolute atomic E-state index is 11.8. The fourth-order valence-corrected chi connectivity index (χ4v) is 3.45. The summed E-state index contributed by atoms with van der Waals surface area (Å²) >= 11 is 0. The van der Waals surface area contributed by atoms with Gasteiger partial charge in [-0.1, -0.05) is 45.0 Å². The van der Waals surface area contributed by atoms with E-state index >= 15 is 0 Å². The minimum absolute atomic E-state index is 0. The van der Waals surface area contributed by atoms with Gasteiger partial charge in [-0.2, -0.15) is 0 Å². The summed E-state index contributed by atoms with van der Waals surface area (Å²) in [7, 11) is 1.79. The number of aliphatic imine (C=N–C) groups is 1. The zero-order valence-electron chi connectivity index (χ0n) is 16.6. The number of benzene rings is 1. The topological polar surface area (TPSA) is 56.7 Å². The molecule has 0 aliphatic carbocycles. The first kappa shape index (κ1) is 22.7. The Morgan fingerprint density at radius 2 is 2.04 bits per heavy atom. The third-order valence-corrected chi connectivity index (χ3v) is 4.98. The summed E-state index contributed by atoms with van der Waals surface area (Å²) in [5, 5.41) is 6.91. The van der Waals surface area contributed by atoms with E-state index in [1.807, 2.05) is 11.8 Å². The molecule has 2 N–H and O–H groups in total. The van der Waals surface area contributed by atoms with Crippen LogP contribution >= 0.6 is 24.0 Å². The summed E-state index contributed by atoms with van der Waals surface area (Å²) in [4.78, 5) is 18.1. The van der Waals surface area contributed by atoms with E-state index in [9.17, 15) is 4.79 Å². The van der Waals surface area contributed by atoms with E-state index in [0.29, 0.717) is 6.42 Å². The number of hydrogen-bond acceptors (Lipinski definition) is 2. The Balaban J connectivity index is 0.00000338. The normalized spacial score (nSPS) is 17.7. The predicted molar refractivity (Wildman–Crippen MR) is 119 cm³/mol. The first-order chi connectivity index (χ1) is 11.9. The van der Waals surface area contributed by atoms with Crippen LogP contribution in [0.15, 0.2) is 29.3 Å². The maximum Gasteiger partial charge on any atom is 0.222 e. The van der Waals surface area contributed by atoms with Gasteiger partial charge < -0.3 is 15.5 Å². The lowest BCUT2D eigenvalue weighted by molar-refractivity contribution is -0.129. The fourth-order valence-electron chi connectivity index (χ4n) is 3.45. The summed E-state index contributed by atoms with van der Waals surface area (Å²) in [6.45, 7) is 10.9. The molecule has 1 aromatic rings. The van der Waals surface area contributed by atoms with Gasteiger partial charge in [-0.25, -0.2) is 0 Å².